The van der Waals surface area contributed by atoms with Crippen LogP contribution in [0.5, 0.6) is 11.5 Å². The van der Waals surface area contributed by atoms with E-state index in [0.717, 1.165) is 28.5 Å². The van der Waals surface area contributed by atoms with Gasteiger partial charge in [0.2, 0.25) is 10.0 Å². The molecule has 0 amide bonds. The van der Waals surface area contributed by atoms with Gasteiger partial charge in [0.25, 0.3) is 0 Å². The van der Waals surface area contributed by atoms with E-state index in [1.165, 1.54) is 0 Å². The minimum absolute atomic E-state index is 0.436. The highest BCUT2D eigenvalue weighted by Crippen LogP contribution is 2.48. The highest BCUT2D eigenvalue weighted by molar-refractivity contribution is 7.92. The Morgan fingerprint density at radius 2 is 1.83 bits per heavy atom. The summed E-state index contributed by atoms with van der Waals surface area (Å²) in [6.45, 7) is 0. The lowest BCUT2D eigenvalue weighted by Gasteiger charge is -2.31. The normalized spacial score (nSPS) is 16.0. The van der Waals surface area contributed by atoms with Gasteiger partial charge in [-0.1, -0.05) is 24.3 Å². The van der Waals surface area contributed by atoms with E-state index >= 15 is 0 Å². The summed E-state index contributed by atoms with van der Waals surface area (Å²) >= 11 is 0. The summed E-state index contributed by atoms with van der Waals surface area (Å²) in [5.41, 5.74) is 3.70. The summed E-state index contributed by atoms with van der Waals surface area (Å²) in [5.74, 6) is 1.32. The lowest BCUT2D eigenvalue weighted by Crippen LogP contribution is -2.17. The molecule has 4 rings (SSSR count). The molecule has 0 fully saturated rings. The predicted octanol–water partition coefficient (Wildman–Crippen LogP) is 3.95. The molecular formula is C22H21NO5S2. The Kier molecular flexibility index (Phi) is 5.29. The van der Waals surface area contributed by atoms with E-state index in [2.05, 4.69) is 4.72 Å². The van der Waals surface area contributed by atoms with E-state index in [-0.39, 0.29) is 0 Å². The van der Waals surface area contributed by atoms with Gasteiger partial charge < -0.3 is 9.47 Å². The van der Waals surface area contributed by atoms with Crippen LogP contribution in [0.15, 0.2) is 65.6 Å². The number of sulfonamides is 1. The van der Waals surface area contributed by atoms with E-state index in [0.29, 0.717) is 22.1 Å². The number of ether oxygens (including phenoxy) is 2. The van der Waals surface area contributed by atoms with Crippen molar-refractivity contribution in [3.05, 3.63) is 71.8 Å². The molecule has 1 N–H and O–H groups in total. The first-order valence-corrected chi connectivity index (χ1v) is 12.6. The summed E-state index contributed by atoms with van der Waals surface area (Å²) in [6.07, 6.45) is 2.25. The Morgan fingerprint density at radius 3 is 2.53 bits per heavy atom. The Hall–Kier alpha value is -2.84. The van der Waals surface area contributed by atoms with Crippen LogP contribution in [0.1, 0.15) is 17.2 Å². The molecule has 8 heteroatoms. The van der Waals surface area contributed by atoms with Gasteiger partial charge in [-0.3, -0.25) is 8.93 Å². The van der Waals surface area contributed by atoms with E-state index in [1.54, 1.807) is 25.5 Å². The third kappa shape index (κ3) is 3.93. The van der Waals surface area contributed by atoms with Gasteiger partial charge in [-0.25, -0.2) is 8.42 Å². The molecule has 1 aliphatic rings. The molecule has 0 spiro atoms. The quantitative estimate of drug-likeness (QED) is 0.646. The first-order valence-electron chi connectivity index (χ1n) is 9.16. The zero-order chi connectivity index (χ0) is 21.5. The van der Waals surface area contributed by atoms with Crippen LogP contribution in [0.2, 0.25) is 0 Å². The van der Waals surface area contributed by atoms with Gasteiger partial charge in [0.05, 0.1) is 29.1 Å². The van der Waals surface area contributed by atoms with Gasteiger partial charge in [-0.2, -0.15) is 0 Å². The monoisotopic (exact) mass is 443 g/mol. The van der Waals surface area contributed by atoms with Gasteiger partial charge in [-0.05, 0) is 42.0 Å². The van der Waals surface area contributed by atoms with Crippen molar-refractivity contribution in [3.8, 4) is 22.6 Å². The molecule has 0 bridgehead atoms. The Balaban J connectivity index is 1.95. The maximum atomic E-state index is 12.4. The SMILES string of the molecule is COc1cccc(C2Oc3cccc(S(C)=O)c3-c3ccc(NS(C)(=O)=O)cc32)c1. The lowest BCUT2D eigenvalue weighted by molar-refractivity contribution is 0.242. The summed E-state index contributed by atoms with van der Waals surface area (Å²) in [6, 6.07) is 18.3. The van der Waals surface area contributed by atoms with Crippen molar-refractivity contribution >= 4 is 26.5 Å². The summed E-state index contributed by atoms with van der Waals surface area (Å²) < 4.78 is 50.1. The van der Waals surface area contributed by atoms with Crippen LogP contribution in [0, 0.1) is 0 Å². The fourth-order valence-corrected chi connectivity index (χ4v) is 4.97. The largest absolute Gasteiger partial charge is 0.497 e. The van der Waals surface area contributed by atoms with Crippen LogP contribution in [-0.2, 0) is 20.8 Å². The number of nitrogens with one attached hydrogen (secondary N) is 1. The molecule has 1 aliphatic heterocycles. The molecule has 30 heavy (non-hydrogen) atoms. The molecular weight excluding hydrogens is 422 g/mol. The Bertz CT molecular complexity index is 1250. The number of anilines is 1. The van der Waals surface area contributed by atoms with Crippen LogP contribution in [0.25, 0.3) is 11.1 Å². The van der Waals surface area contributed by atoms with E-state index < -0.39 is 26.9 Å². The van der Waals surface area contributed by atoms with Crippen molar-refractivity contribution < 1.29 is 22.1 Å². The minimum Gasteiger partial charge on any atom is -0.497 e. The van der Waals surface area contributed by atoms with Gasteiger partial charge in [-0.15, -0.1) is 0 Å². The van der Waals surface area contributed by atoms with Gasteiger partial charge in [0.15, 0.2) is 0 Å². The fourth-order valence-electron chi connectivity index (χ4n) is 3.64. The molecule has 2 atom stereocenters. The number of hydrogen-bond acceptors (Lipinski definition) is 5. The van der Waals surface area contributed by atoms with Crippen molar-refractivity contribution in [2.45, 2.75) is 11.0 Å². The molecule has 0 aliphatic carbocycles. The third-order valence-corrected chi connectivity index (χ3v) is 6.41. The Labute approximate surface area is 178 Å². The topological polar surface area (TPSA) is 81.7 Å². The maximum absolute atomic E-state index is 12.4. The molecule has 3 aromatic carbocycles. The number of rotatable bonds is 5. The molecule has 1 heterocycles. The fraction of sp³-hybridized carbons (Fsp3) is 0.182. The van der Waals surface area contributed by atoms with Crippen molar-refractivity contribution in [1.82, 2.24) is 0 Å². The third-order valence-electron chi connectivity index (χ3n) is 4.85. The number of benzene rings is 3. The first kappa shape index (κ1) is 20.4. The Morgan fingerprint density at radius 1 is 1.07 bits per heavy atom. The predicted molar refractivity (Wildman–Crippen MR) is 118 cm³/mol. The number of fused-ring (bicyclic) bond motifs is 3. The second-order valence-electron chi connectivity index (χ2n) is 7.03. The average molecular weight is 444 g/mol. The van der Waals surface area contributed by atoms with Crippen molar-refractivity contribution in [3.63, 3.8) is 0 Å². The van der Waals surface area contributed by atoms with Crippen molar-refractivity contribution in [2.75, 3.05) is 24.3 Å². The zero-order valence-electron chi connectivity index (χ0n) is 16.7. The minimum atomic E-state index is -3.44. The molecule has 0 saturated carbocycles. The van der Waals surface area contributed by atoms with E-state index in [9.17, 15) is 12.6 Å². The first-order chi connectivity index (χ1) is 14.3. The highest BCUT2D eigenvalue weighted by Gasteiger charge is 2.30. The summed E-state index contributed by atoms with van der Waals surface area (Å²) in [4.78, 5) is 0.668. The van der Waals surface area contributed by atoms with E-state index in [1.807, 2.05) is 48.5 Å². The smallest absolute Gasteiger partial charge is 0.229 e. The van der Waals surface area contributed by atoms with Crippen molar-refractivity contribution in [2.24, 2.45) is 0 Å². The molecule has 6 nitrogen and oxygen atoms in total. The zero-order valence-corrected chi connectivity index (χ0v) is 18.3. The number of hydrogen-bond donors (Lipinski definition) is 1. The second-order valence-corrected chi connectivity index (χ2v) is 10.1. The van der Waals surface area contributed by atoms with Crippen molar-refractivity contribution in [1.29, 1.82) is 0 Å². The van der Waals surface area contributed by atoms with Crippen LogP contribution in [-0.4, -0.2) is 32.2 Å². The van der Waals surface area contributed by atoms with Crippen LogP contribution in [0.3, 0.4) is 0 Å². The molecule has 0 radical (unpaired) electrons. The van der Waals surface area contributed by atoms with Gasteiger partial charge >= 0.3 is 0 Å². The molecule has 156 valence electrons. The molecule has 3 aromatic rings. The van der Waals surface area contributed by atoms with Gasteiger partial charge in [0, 0.05) is 28.6 Å². The van der Waals surface area contributed by atoms with Crippen LogP contribution >= 0.6 is 0 Å². The van der Waals surface area contributed by atoms with Crippen LogP contribution in [0.4, 0.5) is 5.69 Å². The van der Waals surface area contributed by atoms with Gasteiger partial charge in [0.1, 0.15) is 17.6 Å². The molecule has 0 aromatic heterocycles. The maximum Gasteiger partial charge on any atom is 0.229 e. The number of methoxy groups -OCH3 is 1. The molecule has 0 saturated heterocycles. The lowest BCUT2D eigenvalue weighted by atomic mass is 9.89. The van der Waals surface area contributed by atoms with E-state index in [4.69, 9.17) is 9.47 Å². The summed E-state index contributed by atoms with van der Waals surface area (Å²) in [5, 5.41) is 0. The summed E-state index contributed by atoms with van der Waals surface area (Å²) in [7, 11) is -3.06. The standard InChI is InChI=1S/C22H21NO5S2/c1-27-16-7-4-6-14(12-16)22-18-13-15(23-30(3,25)26)10-11-17(18)21-19(28-22)8-5-9-20(21)29(2)24/h4-13,22-23H,1-3H3. The van der Waals surface area contributed by atoms with Crippen LogP contribution < -0.4 is 14.2 Å². The average Bonchev–Trinajstić information content (AvgIpc) is 2.71. The highest BCUT2D eigenvalue weighted by atomic mass is 32.2. The second kappa shape index (κ2) is 7.77. The molecule has 2 unspecified atom stereocenters.